The van der Waals surface area contributed by atoms with Crippen LogP contribution in [0.25, 0.3) is 0 Å². The molecular formula is C18H35N3O3. The van der Waals surface area contributed by atoms with Crippen molar-refractivity contribution in [3.63, 3.8) is 0 Å². The van der Waals surface area contributed by atoms with Gasteiger partial charge in [-0.3, -0.25) is 4.79 Å². The third-order valence-electron chi connectivity index (χ3n) is 4.31. The number of amides is 2. The lowest BCUT2D eigenvalue weighted by molar-refractivity contribution is -0.132. The van der Waals surface area contributed by atoms with Crippen LogP contribution in [0.4, 0.5) is 4.79 Å². The molecule has 0 radical (unpaired) electrons. The van der Waals surface area contributed by atoms with E-state index in [0.717, 1.165) is 6.42 Å². The molecule has 24 heavy (non-hydrogen) atoms. The summed E-state index contributed by atoms with van der Waals surface area (Å²) in [4.78, 5) is 28.4. The Balaban J connectivity index is 2.64. The van der Waals surface area contributed by atoms with Gasteiger partial charge in [-0.25, -0.2) is 4.79 Å². The maximum absolute atomic E-state index is 12.4. The topological polar surface area (TPSA) is 75.9 Å². The molecule has 1 heterocycles. The molecule has 2 atom stereocenters. The molecule has 0 aromatic rings. The molecule has 0 spiro atoms. The second kappa shape index (κ2) is 8.19. The molecule has 1 aliphatic rings. The molecule has 0 bridgehead atoms. The van der Waals surface area contributed by atoms with Crippen molar-refractivity contribution in [2.24, 2.45) is 17.6 Å². The maximum atomic E-state index is 12.4. The first-order valence-electron chi connectivity index (χ1n) is 8.96. The van der Waals surface area contributed by atoms with Gasteiger partial charge in [0.1, 0.15) is 5.60 Å². The molecule has 1 rings (SSSR count). The molecule has 140 valence electrons. The molecule has 6 nitrogen and oxygen atoms in total. The Kier molecular flexibility index (Phi) is 7.08. The van der Waals surface area contributed by atoms with E-state index in [1.54, 1.807) is 4.90 Å². The maximum Gasteiger partial charge on any atom is 0.410 e. The first-order valence-corrected chi connectivity index (χ1v) is 8.96. The molecule has 2 N–H and O–H groups in total. The fraction of sp³-hybridized carbons (Fsp3) is 0.889. The van der Waals surface area contributed by atoms with Gasteiger partial charge in [0.15, 0.2) is 0 Å². The van der Waals surface area contributed by atoms with Crippen molar-refractivity contribution < 1.29 is 14.3 Å². The summed E-state index contributed by atoms with van der Waals surface area (Å²) in [5.41, 5.74) is 5.47. The van der Waals surface area contributed by atoms with E-state index in [1.807, 2.05) is 53.4 Å². The summed E-state index contributed by atoms with van der Waals surface area (Å²) in [7, 11) is 0. The monoisotopic (exact) mass is 341 g/mol. The van der Waals surface area contributed by atoms with E-state index in [0.29, 0.717) is 19.6 Å². The Bertz CT molecular complexity index is 443. The minimum absolute atomic E-state index is 0.0147. The van der Waals surface area contributed by atoms with Crippen molar-refractivity contribution >= 4 is 12.0 Å². The molecule has 0 aromatic carbocycles. The fourth-order valence-electron chi connectivity index (χ4n) is 2.77. The highest BCUT2D eigenvalue weighted by atomic mass is 16.6. The fourth-order valence-corrected chi connectivity index (χ4v) is 2.77. The SMILES string of the molecule is CC(C)C(N)C(=O)N1CCC(CN(C(=O)OC(C)(C)C)C(C)C)C1. The highest BCUT2D eigenvalue weighted by Gasteiger charge is 2.33. The van der Waals surface area contributed by atoms with Crippen LogP contribution in [0.3, 0.4) is 0 Å². The van der Waals surface area contributed by atoms with E-state index in [4.69, 9.17) is 10.5 Å². The molecular weight excluding hydrogens is 306 g/mol. The van der Waals surface area contributed by atoms with Crippen LogP contribution in [0, 0.1) is 11.8 Å². The highest BCUT2D eigenvalue weighted by molar-refractivity contribution is 5.82. The zero-order chi connectivity index (χ0) is 18.7. The van der Waals surface area contributed by atoms with E-state index in [-0.39, 0.29) is 29.9 Å². The lowest BCUT2D eigenvalue weighted by Gasteiger charge is -2.32. The molecule has 0 aliphatic carbocycles. The van der Waals surface area contributed by atoms with Gasteiger partial charge < -0.3 is 20.3 Å². The van der Waals surface area contributed by atoms with E-state index >= 15 is 0 Å². The van der Waals surface area contributed by atoms with E-state index in [2.05, 4.69) is 0 Å². The van der Waals surface area contributed by atoms with Crippen LogP contribution in [-0.4, -0.2) is 59.1 Å². The van der Waals surface area contributed by atoms with Crippen LogP contribution in [0.5, 0.6) is 0 Å². The number of rotatable bonds is 5. The summed E-state index contributed by atoms with van der Waals surface area (Å²) in [6, 6.07) is -0.390. The first kappa shape index (κ1) is 20.7. The summed E-state index contributed by atoms with van der Waals surface area (Å²) in [5.74, 6) is 0.412. The third-order valence-corrected chi connectivity index (χ3v) is 4.31. The molecule has 2 unspecified atom stereocenters. The Morgan fingerprint density at radius 1 is 1.25 bits per heavy atom. The molecule has 0 saturated carbocycles. The number of nitrogens with two attached hydrogens (primary N) is 1. The second-order valence-corrected chi connectivity index (χ2v) is 8.44. The van der Waals surface area contributed by atoms with E-state index < -0.39 is 11.6 Å². The molecule has 1 aliphatic heterocycles. The van der Waals surface area contributed by atoms with Gasteiger partial charge in [-0.05, 0) is 52.9 Å². The van der Waals surface area contributed by atoms with Gasteiger partial charge in [-0.2, -0.15) is 0 Å². The van der Waals surface area contributed by atoms with Gasteiger partial charge in [0.2, 0.25) is 5.91 Å². The van der Waals surface area contributed by atoms with Crippen molar-refractivity contribution in [1.82, 2.24) is 9.80 Å². The quantitative estimate of drug-likeness (QED) is 0.833. The number of likely N-dealkylation sites (tertiary alicyclic amines) is 1. The second-order valence-electron chi connectivity index (χ2n) is 8.44. The molecule has 6 heteroatoms. The number of nitrogens with zero attached hydrogens (tertiary/aromatic N) is 2. The van der Waals surface area contributed by atoms with Crippen molar-refractivity contribution in [1.29, 1.82) is 0 Å². The third kappa shape index (κ3) is 5.96. The number of carbonyl (C=O) groups is 2. The van der Waals surface area contributed by atoms with Gasteiger partial charge in [0, 0.05) is 25.7 Å². The van der Waals surface area contributed by atoms with Crippen LogP contribution in [0.2, 0.25) is 0 Å². The summed E-state index contributed by atoms with van der Waals surface area (Å²) >= 11 is 0. The van der Waals surface area contributed by atoms with Crippen LogP contribution >= 0.6 is 0 Å². The van der Waals surface area contributed by atoms with Crippen molar-refractivity contribution in [3.05, 3.63) is 0 Å². The summed E-state index contributed by atoms with van der Waals surface area (Å²) in [6.07, 6.45) is 0.601. The first-order chi connectivity index (χ1) is 10.9. The van der Waals surface area contributed by atoms with Crippen molar-refractivity contribution in [2.45, 2.75) is 72.6 Å². The number of hydrogen-bond acceptors (Lipinski definition) is 4. The Hall–Kier alpha value is -1.30. The normalized spacial score (nSPS) is 19.8. The average Bonchev–Trinajstić information content (AvgIpc) is 2.89. The van der Waals surface area contributed by atoms with Gasteiger partial charge >= 0.3 is 6.09 Å². The molecule has 0 aromatic heterocycles. The van der Waals surface area contributed by atoms with Crippen LogP contribution in [0.15, 0.2) is 0 Å². The Labute approximate surface area is 146 Å². The number of ether oxygens (including phenoxy) is 1. The van der Waals surface area contributed by atoms with Crippen molar-refractivity contribution in [2.75, 3.05) is 19.6 Å². The number of hydrogen-bond donors (Lipinski definition) is 1. The van der Waals surface area contributed by atoms with E-state index in [1.165, 1.54) is 0 Å². The standard InChI is InChI=1S/C18H35N3O3/c1-12(2)15(19)16(22)20-9-8-14(10-20)11-21(13(3)4)17(23)24-18(5,6)7/h12-15H,8-11,19H2,1-7H3. The van der Waals surface area contributed by atoms with Gasteiger partial charge in [-0.1, -0.05) is 13.8 Å². The van der Waals surface area contributed by atoms with Gasteiger partial charge in [0.25, 0.3) is 0 Å². The number of carbonyl (C=O) groups excluding carboxylic acids is 2. The lowest BCUT2D eigenvalue weighted by atomic mass is 10.0. The smallest absolute Gasteiger partial charge is 0.410 e. The minimum Gasteiger partial charge on any atom is -0.444 e. The van der Waals surface area contributed by atoms with Gasteiger partial charge in [0.05, 0.1) is 6.04 Å². The molecule has 1 fully saturated rings. The largest absolute Gasteiger partial charge is 0.444 e. The zero-order valence-corrected chi connectivity index (χ0v) is 16.3. The predicted molar refractivity (Wildman–Crippen MR) is 95.6 cm³/mol. The average molecular weight is 341 g/mol. The highest BCUT2D eigenvalue weighted by Crippen LogP contribution is 2.21. The Morgan fingerprint density at radius 2 is 1.83 bits per heavy atom. The van der Waals surface area contributed by atoms with Crippen LogP contribution < -0.4 is 5.73 Å². The van der Waals surface area contributed by atoms with Gasteiger partial charge in [-0.15, -0.1) is 0 Å². The van der Waals surface area contributed by atoms with Crippen LogP contribution in [0.1, 0.15) is 54.9 Å². The lowest BCUT2D eigenvalue weighted by Crippen LogP contribution is -2.46. The summed E-state index contributed by atoms with van der Waals surface area (Å²) < 4.78 is 5.50. The molecule has 1 saturated heterocycles. The predicted octanol–water partition coefficient (Wildman–Crippen LogP) is 2.46. The zero-order valence-electron chi connectivity index (χ0n) is 16.3. The summed E-state index contributed by atoms with van der Waals surface area (Å²) in [5, 5.41) is 0. The van der Waals surface area contributed by atoms with E-state index in [9.17, 15) is 9.59 Å². The Morgan fingerprint density at radius 3 is 2.29 bits per heavy atom. The molecule has 2 amide bonds. The van der Waals surface area contributed by atoms with Crippen LogP contribution in [-0.2, 0) is 9.53 Å². The summed E-state index contributed by atoms with van der Waals surface area (Å²) in [6.45, 7) is 15.5. The van der Waals surface area contributed by atoms with Crippen molar-refractivity contribution in [3.8, 4) is 0 Å². The minimum atomic E-state index is -0.508.